The molecule has 8 heteroatoms. The van der Waals surface area contributed by atoms with Crippen LogP contribution in [0.5, 0.6) is 0 Å². The van der Waals surface area contributed by atoms with Gasteiger partial charge in [0.15, 0.2) is 0 Å². The molecule has 8 nitrogen and oxygen atoms in total. The van der Waals surface area contributed by atoms with Crippen LogP contribution in [-0.2, 0) is 4.79 Å². The number of nitrogens with one attached hydrogen (secondary N) is 1. The normalized spacial score (nSPS) is 13.9. The van der Waals surface area contributed by atoms with Crippen molar-refractivity contribution in [3.05, 3.63) is 65.0 Å². The first-order valence-electron chi connectivity index (χ1n) is 9.72. The Balaban J connectivity index is 1.57. The van der Waals surface area contributed by atoms with Gasteiger partial charge in [0.05, 0.1) is 5.29 Å². The molecule has 2 aromatic heterocycles. The van der Waals surface area contributed by atoms with E-state index in [1.165, 1.54) is 5.01 Å². The number of carbonyl (C=O) groups excluding carboxylic acids is 1. The molecule has 0 unspecified atom stereocenters. The van der Waals surface area contributed by atoms with E-state index in [2.05, 4.69) is 20.6 Å². The molecule has 1 fully saturated rings. The molecule has 1 saturated heterocycles. The van der Waals surface area contributed by atoms with E-state index in [4.69, 9.17) is 5.73 Å². The van der Waals surface area contributed by atoms with Gasteiger partial charge in [-0.25, -0.2) is 4.98 Å². The van der Waals surface area contributed by atoms with Crippen molar-refractivity contribution in [1.29, 1.82) is 0 Å². The monoisotopic (exact) mass is 402 g/mol. The number of aryl methyl sites for hydroxylation is 1. The molecule has 0 saturated carbocycles. The number of nitrogens with zero attached hydrogens (tertiary/aromatic N) is 4. The van der Waals surface area contributed by atoms with Gasteiger partial charge in [-0.3, -0.25) is 14.8 Å². The van der Waals surface area contributed by atoms with Gasteiger partial charge in [-0.15, -0.1) is 4.91 Å². The second kappa shape index (κ2) is 8.28. The molecule has 0 aliphatic carbocycles. The number of carbonyl (C=O) groups is 1. The highest BCUT2D eigenvalue weighted by atomic mass is 16.3. The number of rotatable bonds is 4. The molecule has 0 bridgehead atoms. The molecule has 0 atom stereocenters. The largest absolute Gasteiger partial charge is 0.398 e. The van der Waals surface area contributed by atoms with E-state index in [0.717, 1.165) is 33.0 Å². The van der Waals surface area contributed by atoms with E-state index in [9.17, 15) is 9.70 Å². The number of anilines is 2. The van der Waals surface area contributed by atoms with Gasteiger partial charge in [0.25, 0.3) is 0 Å². The van der Waals surface area contributed by atoms with Crippen molar-refractivity contribution in [2.45, 2.75) is 19.8 Å². The first-order valence-corrected chi connectivity index (χ1v) is 9.72. The molecule has 1 aromatic carbocycles. The maximum absolute atomic E-state index is 12.4. The van der Waals surface area contributed by atoms with Crippen molar-refractivity contribution >= 4 is 28.2 Å². The molecule has 1 amide bonds. The molecule has 0 radical (unpaired) electrons. The fraction of sp³-hybridized carbons (Fsp3) is 0.227. The molecule has 30 heavy (non-hydrogen) atoms. The van der Waals surface area contributed by atoms with Crippen molar-refractivity contribution in [2.24, 2.45) is 5.29 Å². The van der Waals surface area contributed by atoms with Crippen molar-refractivity contribution in [2.75, 3.05) is 24.1 Å². The smallest absolute Gasteiger partial charge is 0.249 e. The first-order chi connectivity index (χ1) is 14.5. The topological polar surface area (TPSA) is 114 Å². The standard InChI is InChI=1S/C22H22N6O2/c1-14-2-5-24-12-18(14)16-9-17-11-21(25-13-19(17)20(23)10-16)26-22(29)8-15-3-6-28(27-30)7-4-15/h2,5,8-13H,3-4,6-7,23H2,1H3,(H,25,26,29). The summed E-state index contributed by atoms with van der Waals surface area (Å²) in [7, 11) is 0. The third-order valence-electron chi connectivity index (χ3n) is 5.30. The lowest BCUT2D eigenvalue weighted by Gasteiger charge is -2.22. The summed E-state index contributed by atoms with van der Waals surface area (Å²) in [6.45, 7) is 3.10. The van der Waals surface area contributed by atoms with E-state index >= 15 is 0 Å². The van der Waals surface area contributed by atoms with Crippen LogP contribution < -0.4 is 11.1 Å². The van der Waals surface area contributed by atoms with Gasteiger partial charge in [-0.1, -0.05) is 5.57 Å². The minimum atomic E-state index is -0.239. The highest BCUT2D eigenvalue weighted by Crippen LogP contribution is 2.31. The molecule has 4 rings (SSSR count). The minimum Gasteiger partial charge on any atom is -0.398 e. The average Bonchev–Trinajstić information content (AvgIpc) is 2.74. The van der Waals surface area contributed by atoms with Gasteiger partial charge < -0.3 is 11.1 Å². The maximum atomic E-state index is 12.4. The van der Waals surface area contributed by atoms with Crippen LogP contribution in [0.4, 0.5) is 11.5 Å². The fourth-order valence-electron chi connectivity index (χ4n) is 3.63. The lowest BCUT2D eigenvalue weighted by Crippen LogP contribution is -2.25. The van der Waals surface area contributed by atoms with Crippen LogP contribution in [0, 0.1) is 11.8 Å². The van der Waals surface area contributed by atoms with Crippen LogP contribution in [0.3, 0.4) is 0 Å². The highest BCUT2D eigenvalue weighted by molar-refractivity contribution is 6.02. The van der Waals surface area contributed by atoms with Gasteiger partial charge in [0, 0.05) is 54.4 Å². The van der Waals surface area contributed by atoms with E-state index < -0.39 is 0 Å². The van der Waals surface area contributed by atoms with Gasteiger partial charge in [-0.05, 0) is 60.5 Å². The lowest BCUT2D eigenvalue weighted by atomic mass is 9.99. The number of nitroso groups, excluding NO2 is 1. The lowest BCUT2D eigenvalue weighted by molar-refractivity contribution is -0.112. The zero-order chi connectivity index (χ0) is 21.1. The number of amides is 1. The summed E-state index contributed by atoms with van der Waals surface area (Å²) in [5, 5.41) is 8.92. The summed E-state index contributed by atoms with van der Waals surface area (Å²) in [6.07, 6.45) is 8.12. The van der Waals surface area contributed by atoms with E-state index in [1.807, 2.05) is 37.4 Å². The van der Waals surface area contributed by atoms with E-state index in [1.54, 1.807) is 18.5 Å². The summed E-state index contributed by atoms with van der Waals surface area (Å²) in [4.78, 5) is 31.5. The van der Waals surface area contributed by atoms with Crippen LogP contribution in [0.2, 0.25) is 0 Å². The Bertz CT molecular complexity index is 1150. The highest BCUT2D eigenvalue weighted by Gasteiger charge is 2.14. The third-order valence-corrected chi connectivity index (χ3v) is 5.30. The Morgan fingerprint density at radius 1 is 1.23 bits per heavy atom. The fourth-order valence-corrected chi connectivity index (χ4v) is 3.63. The number of nitrogens with two attached hydrogens (primary N) is 1. The second-order valence-electron chi connectivity index (χ2n) is 7.37. The molecule has 3 N–H and O–H groups in total. The first kappa shape index (κ1) is 19.5. The van der Waals surface area contributed by atoms with Gasteiger partial charge >= 0.3 is 0 Å². The number of pyridine rings is 2. The van der Waals surface area contributed by atoms with Crippen LogP contribution in [-0.4, -0.2) is 34.0 Å². The van der Waals surface area contributed by atoms with Gasteiger partial charge in [-0.2, -0.15) is 0 Å². The third kappa shape index (κ3) is 4.12. The molecule has 1 aliphatic rings. The van der Waals surface area contributed by atoms with Crippen molar-refractivity contribution < 1.29 is 4.79 Å². The minimum absolute atomic E-state index is 0.239. The van der Waals surface area contributed by atoms with Crippen LogP contribution >= 0.6 is 0 Å². The van der Waals surface area contributed by atoms with Crippen molar-refractivity contribution in [1.82, 2.24) is 15.0 Å². The SMILES string of the molecule is Cc1ccncc1-c1cc(N)c2cnc(NC(=O)C=C3CCN(N=O)CC3)cc2c1. The Labute approximate surface area is 173 Å². The number of aromatic nitrogens is 2. The average molecular weight is 402 g/mol. The van der Waals surface area contributed by atoms with Crippen LogP contribution in [0.15, 0.2) is 59.8 Å². The predicted octanol–water partition coefficient (Wildman–Crippen LogP) is 3.83. The van der Waals surface area contributed by atoms with Gasteiger partial charge in [0.2, 0.25) is 5.91 Å². The number of piperidine rings is 1. The number of hydrogen-bond donors (Lipinski definition) is 2. The van der Waals surface area contributed by atoms with Crippen LogP contribution in [0.1, 0.15) is 18.4 Å². The molecule has 3 aromatic rings. The molecule has 152 valence electrons. The van der Waals surface area contributed by atoms with Crippen LogP contribution in [0.25, 0.3) is 21.9 Å². The quantitative estimate of drug-likeness (QED) is 0.389. The molecular weight excluding hydrogens is 380 g/mol. The van der Waals surface area contributed by atoms with Crippen molar-refractivity contribution in [3.63, 3.8) is 0 Å². The number of nitrogen functional groups attached to an aromatic ring is 1. The summed E-state index contributed by atoms with van der Waals surface area (Å²) in [5.74, 6) is 0.215. The summed E-state index contributed by atoms with van der Waals surface area (Å²) in [5.41, 5.74) is 10.9. The molecule has 3 heterocycles. The summed E-state index contributed by atoms with van der Waals surface area (Å²) >= 11 is 0. The number of fused-ring (bicyclic) bond motifs is 1. The Hall–Kier alpha value is -3.81. The van der Waals surface area contributed by atoms with Gasteiger partial charge in [0.1, 0.15) is 5.82 Å². The number of benzene rings is 1. The summed E-state index contributed by atoms with van der Waals surface area (Å²) < 4.78 is 0. The molecule has 0 spiro atoms. The molecular formula is C22H22N6O2. The van der Waals surface area contributed by atoms with E-state index in [-0.39, 0.29) is 5.91 Å². The zero-order valence-electron chi connectivity index (χ0n) is 16.6. The Morgan fingerprint density at radius 3 is 2.77 bits per heavy atom. The molecule has 1 aliphatic heterocycles. The Kier molecular flexibility index (Phi) is 5.38. The second-order valence-corrected chi connectivity index (χ2v) is 7.37. The van der Waals surface area contributed by atoms with Crippen molar-refractivity contribution in [3.8, 4) is 11.1 Å². The maximum Gasteiger partial charge on any atom is 0.249 e. The Morgan fingerprint density at radius 2 is 2.03 bits per heavy atom. The predicted molar refractivity (Wildman–Crippen MR) is 117 cm³/mol. The summed E-state index contributed by atoms with van der Waals surface area (Å²) in [6, 6.07) is 7.71. The zero-order valence-corrected chi connectivity index (χ0v) is 16.6. The number of hydrogen-bond acceptors (Lipinski definition) is 6. The van der Waals surface area contributed by atoms with E-state index in [0.29, 0.717) is 37.4 Å².